The molecular formula is C40H55N9O6. The molecule has 15 heteroatoms. The molecular weight excluding hydrogens is 702 g/mol. The second kappa shape index (κ2) is 23.0. The van der Waals surface area contributed by atoms with Crippen LogP contribution in [0.1, 0.15) is 71.2 Å². The molecule has 1 aromatic carbocycles. The fraction of sp³-hybridized carbons (Fsp3) is 0.475. The molecule has 2 aromatic heterocycles. The van der Waals surface area contributed by atoms with Crippen molar-refractivity contribution < 1.29 is 28.7 Å². The predicted octanol–water partition coefficient (Wildman–Crippen LogP) is 4.69. The maximum atomic E-state index is 13.4. The largest absolute Gasteiger partial charge is 0.453 e. The highest BCUT2D eigenvalue weighted by atomic mass is 16.5. The lowest BCUT2D eigenvalue weighted by molar-refractivity contribution is -0.135. The molecule has 4 rings (SSSR count). The molecule has 296 valence electrons. The zero-order valence-corrected chi connectivity index (χ0v) is 32.8. The average Bonchev–Trinajstić information content (AvgIpc) is 3.83. The van der Waals surface area contributed by atoms with Gasteiger partial charge in [0.1, 0.15) is 17.6 Å². The SMILES string of the molecule is C=N/C=C(/C#Cc1ccc(-c2ccc3nc(CCCCNC(=O)CNC(=O)OC)[nH]c3c2)nc1)NCC1CCCN1C(=O)C(NC(=O)OC)C(C)C.CCC. The number of aryl methyl sites for hydroxylation is 1. The molecule has 15 nitrogen and oxygen atoms in total. The van der Waals surface area contributed by atoms with E-state index in [0.717, 1.165) is 60.2 Å². The van der Waals surface area contributed by atoms with Crippen LogP contribution in [0.4, 0.5) is 9.59 Å². The molecule has 0 aliphatic carbocycles. The summed E-state index contributed by atoms with van der Waals surface area (Å²) in [4.78, 5) is 66.4. The van der Waals surface area contributed by atoms with Gasteiger partial charge in [-0.2, -0.15) is 0 Å². The zero-order valence-electron chi connectivity index (χ0n) is 32.8. The Kier molecular flexibility index (Phi) is 18.2. The molecule has 0 saturated carbocycles. The van der Waals surface area contributed by atoms with Crippen molar-refractivity contribution in [1.29, 1.82) is 0 Å². The van der Waals surface area contributed by atoms with Crippen molar-refractivity contribution in [2.24, 2.45) is 10.9 Å². The van der Waals surface area contributed by atoms with E-state index in [9.17, 15) is 19.2 Å². The number of amides is 4. The molecule has 2 atom stereocenters. The van der Waals surface area contributed by atoms with Crippen molar-refractivity contribution in [3.05, 3.63) is 59.8 Å². The van der Waals surface area contributed by atoms with Crippen molar-refractivity contribution >= 4 is 41.8 Å². The lowest BCUT2D eigenvalue weighted by Gasteiger charge is -2.31. The number of benzene rings is 1. The first-order chi connectivity index (χ1) is 26.5. The van der Waals surface area contributed by atoms with Crippen molar-refractivity contribution in [2.75, 3.05) is 40.4 Å². The molecule has 1 saturated heterocycles. The van der Waals surface area contributed by atoms with Crippen LogP contribution in [0.2, 0.25) is 0 Å². The molecule has 1 aliphatic heterocycles. The third-order valence-corrected chi connectivity index (χ3v) is 8.47. The summed E-state index contributed by atoms with van der Waals surface area (Å²) >= 11 is 0. The van der Waals surface area contributed by atoms with Crippen LogP contribution in [0, 0.1) is 17.8 Å². The van der Waals surface area contributed by atoms with E-state index in [1.165, 1.54) is 20.6 Å². The van der Waals surface area contributed by atoms with Gasteiger partial charge in [0.05, 0.1) is 43.7 Å². The first-order valence-corrected chi connectivity index (χ1v) is 18.6. The standard InChI is InChI=1S/C37H47N9O6.C3H8/c1-24(2)34(45-37(50)52-5)35(48)46-18-8-9-28(46)22-40-27(21-38-3)14-11-25-12-15-29(41-20-25)26-13-16-30-31(19-26)44-32(43-30)10-6-7-17-39-33(47)23-42-36(49)51-4;1-3-2/h12-13,15-16,19-21,24,28,34,40H,3,6-10,17-18,22-23H2,1-2,4-5H3,(H,39,47)(H,42,49)(H,43,44)(H,45,50);3H2,1-2H3/b27-21-;. The summed E-state index contributed by atoms with van der Waals surface area (Å²) in [6, 6.07) is 9.01. The van der Waals surface area contributed by atoms with Crippen LogP contribution in [-0.4, -0.2) is 103 Å². The zero-order chi connectivity index (χ0) is 40.2. The number of nitrogens with zero attached hydrogens (tertiary/aromatic N) is 4. The lowest BCUT2D eigenvalue weighted by atomic mass is 10.0. The fourth-order valence-electron chi connectivity index (χ4n) is 5.71. The summed E-state index contributed by atoms with van der Waals surface area (Å²) in [5, 5.41) is 11.1. The smallest absolute Gasteiger partial charge is 0.407 e. The Hall–Kier alpha value is -5.91. The highest BCUT2D eigenvalue weighted by molar-refractivity contribution is 5.86. The van der Waals surface area contributed by atoms with Gasteiger partial charge >= 0.3 is 12.2 Å². The molecule has 0 spiro atoms. The van der Waals surface area contributed by atoms with Crippen LogP contribution < -0.4 is 21.3 Å². The van der Waals surface area contributed by atoms with Gasteiger partial charge in [0.2, 0.25) is 11.8 Å². The summed E-state index contributed by atoms with van der Waals surface area (Å²) in [7, 11) is 2.52. The van der Waals surface area contributed by atoms with E-state index < -0.39 is 18.2 Å². The number of aromatic nitrogens is 3. The Morgan fingerprint density at radius 2 is 1.84 bits per heavy atom. The summed E-state index contributed by atoms with van der Waals surface area (Å²) < 4.78 is 9.17. The van der Waals surface area contributed by atoms with Crippen LogP contribution >= 0.6 is 0 Å². The summed E-state index contributed by atoms with van der Waals surface area (Å²) in [5.74, 6) is 6.58. The van der Waals surface area contributed by atoms with E-state index in [0.29, 0.717) is 30.9 Å². The number of ether oxygens (including phenoxy) is 2. The topological polar surface area (TPSA) is 192 Å². The average molecular weight is 758 g/mol. The fourth-order valence-corrected chi connectivity index (χ4v) is 5.71. The number of hydrogen-bond donors (Lipinski definition) is 5. The van der Waals surface area contributed by atoms with Crippen LogP contribution in [0.15, 0.2) is 53.4 Å². The van der Waals surface area contributed by atoms with Gasteiger partial charge in [-0.1, -0.05) is 46.1 Å². The van der Waals surface area contributed by atoms with Gasteiger partial charge in [-0.25, -0.2) is 14.6 Å². The molecule has 1 fully saturated rings. The van der Waals surface area contributed by atoms with E-state index in [4.69, 9.17) is 4.74 Å². The second-order valence-electron chi connectivity index (χ2n) is 13.2. The van der Waals surface area contributed by atoms with Gasteiger partial charge in [0, 0.05) is 49.4 Å². The van der Waals surface area contributed by atoms with Crippen molar-refractivity contribution in [1.82, 2.24) is 41.1 Å². The number of aliphatic imine (C=N–C) groups is 1. The van der Waals surface area contributed by atoms with Gasteiger partial charge in [0.15, 0.2) is 0 Å². The highest BCUT2D eigenvalue weighted by Gasteiger charge is 2.35. The number of aromatic amines is 1. The first kappa shape index (κ1) is 43.5. The van der Waals surface area contributed by atoms with Gasteiger partial charge < -0.3 is 40.6 Å². The number of methoxy groups -OCH3 is 2. The number of allylic oxidation sites excluding steroid dienone is 1. The van der Waals surface area contributed by atoms with Gasteiger partial charge in [0.25, 0.3) is 0 Å². The van der Waals surface area contributed by atoms with Crippen LogP contribution in [0.5, 0.6) is 0 Å². The quantitative estimate of drug-likeness (QED) is 0.0832. The van der Waals surface area contributed by atoms with Gasteiger partial charge in [-0.3, -0.25) is 19.6 Å². The molecule has 4 amide bonds. The van der Waals surface area contributed by atoms with E-state index in [1.54, 1.807) is 12.4 Å². The molecule has 5 N–H and O–H groups in total. The number of unbranched alkanes of at least 4 members (excludes halogenated alkanes) is 1. The predicted molar refractivity (Wildman–Crippen MR) is 213 cm³/mol. The number of alkyl carbamates (subject to hydrolysis) is 2. The normalized spacial score (nSPS) is 14.1. The molecule has 0 bridgehead atoms. The van der Waals surface area contributed by atoms with Gasteiger partial charge in [-0.05, 0) is 68.5 Å². The van der Waals surface area contributed by atoms with Crippen LogP contribution in [-0.2, 0) is 25.5 Å². The van der Waals surface area contributed by atoms with Crippen LogP contribution in [0.3, 0.4) is 0 Å². The summed E-state index contributed by atoms with van der Waals surface area (Å²) in [6.07, 6.45) is 7.23. The van der Waals surface area contributed by atoms with E-state index >= 15 is 0 Å². The molecule has 3 heterocycles. The molecule has 1 aliphatic rings. The van der Waals surface area contributed by atoms with E-state index in [-0.39, 0.29) is 30.3 Å². The lowest BCUT2D eigenvalue weighted by Crippen LogP contribution is -2.53. The number of rotatable bonds is 15. The molecule has 2 unspecified atom stereocenters. The minimum atomic E-state index is -0.679. The number of pyridine rings is 1. The number of imidazole rings is 1. The number of fused-ring (bicyclic) bond motifs is 1. The summed E-state index contributed by atoms with van der Waals surface area (Å²) in [5.41, 5.74) is 4.75. The van der Waals surface area contributed by atoms with Crippen LogP contribution in [0.25, 0.3) is 22.3 Å². The Bertz CT molecular complexity index is 1830. The van der Waals surface area contributed by atoms with Crippen molar-refractivity contribution in [2.45, 2.75) is 78.3 Å². The monoisotopic (exact) mass is 757 g/mol. The van der Waals surface area contributed by atoms with Crippen molar-refractivity contribution in [3.8, 4) is 23.1 Å². The van der Waals surface area contributed by atoms with Crippen molar-refractivity contribution in [3.63, 3.8) is 0 Å². The highest BCUT2D eigenvalue weighted by Crippen LogP contribution is 2.23. The molecule has 3 aromatic rings. The second-order valence-corrected chi connectivity index (χ2v) is 13.2. The molecule has 55 heavy (non-hydrogen) atoms. The Balaban J connectivity index is 0.00000262. The Morgan fingerprint density at radius 1 is 1.07 bits per heavy atom. The first-order valence-electron chi connectivity index (χ1n) is 18.6. The third kappa shape index (κ3) is 14.1. The summed E-state index contributed by atoms with van der Waals surface area (Å²) in [6.45, 7) is 13.0. The maximum absolute atomic E-state index is 13.4. The van der Waals surface area contributed by atoms with Gasteiger partial charge in [-0.15, -0.1) is 0 Å². The Labute approximate surface area is 323 Å². The van der Waals surface area contributed by atoms with E-state index in [1.807, 2.05) is 49.1 Å². The van der Waals surface area contributed by atoms with E-state index in [2.05, 4.69) is 78.4 Å². The minimum absolute atomic E-state index is 0.0731. The number of nitrogens with one attached hydrogen (secondary N) is 5. The number of carbonyl (C=O) groups excluding carboxylic acids is 4. The third-order valence-electron chi connectivity index (χ3n) is 8.47. The minimum Gasteiger partial charge on any atom is -0.453 e. The Morgan fingerprint density at radius 3 is 2.51 bits per heavy atom. The maximum Gasteiger partial charge on any atom is 0.407 e. The number of likely N-dealkylation sites (tertiary alicyclic amines) is 1. The number of H-pyrrole nitrogens is 1. The number of carbonyl (C=O) groups is 4. The number of hydrogen-bond acceptors (Lipinski definition) is 10. The molecule has 0 radical (unpaired) electrons.